The zero-order chi connectivity index (χ0) is 18.9. The number of furan rings is 1. The number of likely N-dealkylation sites (tertiary alicyclic amines) is 1. The molecule has 0 amide bonds. The Bertz CT molecular complexity index is 714. The van der Waals surface area contributed by atoms with E-state index in [1.807, 2.05) is 18.2 Å². The Morgan fingerprint density at radius 3 is 3.04 bits per heavy atom. The zero-order valence-corrected chi connectivity index (χ0v) is 15.9. The van der Waals surface area contributed by atoms with E-state index in [0.717, 1.165) is 50.8 Å². The van der Waals surface area contributed by atoms with Crippen LogP contribution in [-0.4, -0.2) is 64.8 Å². The minimum atomic E-state index is 0.458. The van der Waals surface area contributed by atoms with Gasteiger partial charge in [0.1, 0.15) is 5.82 Å². The molecule has 0 aromatic carbocycles. The van der Waals surface area contributed by atoms with Crippen LogP contribution in [-0.2, 0) is 6.42 Å². The fourth-order valence-corrected chi connectivity index (χ4v) is 3.15. The lowest BCUT2D eigenvalue weighted by Gasteiger charge is -2.32. The molecular weight excluding hydrogens is 342 g/mol. The smallest absolute Gasteiger partial charge is 0.216 e. The lowest BCUT2D eigenvalue weighted by atomic mass is 10.1. The molecule has 2 aromatic rings. The summed E-state index contributed by atoms with van der Waals surface area (Å²) in [6, 6.07) is 4.13. The molecule has 146 valence electrons. The third-order valence-corrected chi connectivity index (χ3v) is 4.55. The average Bonchev–Trinajstić information content (AvgIpc) is 3.35. The molecule has 27 heavy (non-hydrogen) atoms. The predicted octanol–water partition coefficient (Wildman–Crippen LogP) is 1.81. The van der Waals surface area contributed by atoms with Crippen LogP contribution in [0.25, 0.3) is 11.6 Å². The Labute approximate surface area is 160 Å². The minimum Gasteiger partial charge on any atom is -0.461 e. The van der Waals surface area contributed by atoms with E-state index in [0.29, 0.717) is 30.6 Å². The van der Waals surface area contributed by atoms with Gasteiger partial charge in [0, 0.05) is 45.2 Å². The molecule has 0 aliphatic carbocycles. The molecule has 8 heteroatoms. The van der Waals surface area contributed by atoms with Gasteiger partial charge in [0.05, 0.1) is 6.26 Å². The zero-order valence-electron chi connectivity index (χ0n) is 15.9. The maximum absolute atomic E-state index is 5.31. The maximum atomic E-state index is 5.31. The minimum absolute atomic E-state index is 0.458. The summed E-state index contributed by atoms with van der Waals surface area (Å²) >= 11 is 0. The number of aliphatic imine (C=N–C) groups is 1. The summed E-state index contributed by atoms with van der Waals surface area (Å²) in [5.41, 5.74) is 0. The molecule has 0 atom stereocenters. The predicted molar refractivity (Wildman–Crippen MR) is 107 cm³/mol. The van der Waals surface area contributed by atoms with Crippen LogP contribution >= 0.6 is 0 Å². The van der Waals surface area contributed by atoms with Crippen molar-refractivity contribution >= 4 is 5.96 Å². The first-order valence-corrected chi connectivity index (χ1v) is 9.61. The van der Waals surface area contributed by atoms with Crippen molar-refractivity contribution < 1.29 is 4.42 Å². The van der Waals surface area contributed by atoms with E-state index in [1.165, 1.54) is 0 Å². The molecule has 8 nitrogen and oxygen atoms in total. The molecule has 1 aliphatic heterocycles. The quantitative estimate of drug-likeness (QED) is 0.372. The van der Waals surface area contributed by atoms with Crippen molar-refractivity contribution in [2.75, 3.05) is 32.7 Å². The number of aromatic nitrogens is 3. The summed E-state index contributed by atoms with van der Waals surface area (Å²) in [4.78, 5) is 11.6. The van der Waals surface area contributed by atoms with Crippen LogP contribution in [0, 0.1) is 0 Å². The molecule has 1 fully saturated rings. The van der Waals surface area contributed by atoms with Crippen LogP contribution < -0.4 is 10.6 Å². The van der Waals surface area contributed by atoms with E-state index in [-0.39, 0.29) is 0 Å². The average molecular weight is 371 g/mol. The summed E-state index contributed by atoms with van der Waals surface area (Å²) in [5.74, 6) is 2.92. The highest BCUT2D eigenvalue weighted by Gasteiger charge is 2.19. The second-order valence-corrected chi connectivity index (χ2v) is 6.60. The number of H-pyrrole nitrogens is 1. The molecule has 2 aromatic heterocycles. The molecule has 0 bridgehead atoms. The summed E-state index contributed by atoms with van der Waals surface area (Å²) in [6.45, 7) is 10.5. The van der Waals surface area contributed by atoms with Gasteiger partial charge in [-0.3, -0.25) is 15.0 Å². The fraction of sp³-hybridized carbons (Fsp3) is 0.526. The van der Waals surface area contributed by atoms with Gasteiger partial charge in [-0.1, -0.05) is 6.08 Å². The summed E-state index contributed by atoms with van der Waals surface area (Å²) in [7, 11) is 0. The van der Waals surface area contributed by atoms with Gasteiger partial charge >= 0.3 is 0 Å². The lowest BCUT2D eigenvalue weighted by Crippen LogP contribution is -2.48. The summed E-state index contributed by atoms with van der Waals surface area (Å²) in [5, 5.41) is 14.0. The van der Waals surface area contributed by atoms with Crippen molar-refractivity contribution in [3.05, 3.63) is 36.9 Å². The van der Waals surface area contributed by atoms with Crippen LogP contribution in [0.15, 0.2) is 40.5 Å². The van der Waals surface area contributed by atoms with Gasteiger partial charge in [-0.15, -0.1) is 6.58 Å². The first-order valence-electron chi connectivity index (χ1n) is 9.61. The summed E-state index contributed by atoms with van der Waals surface area (Å²) < 4.78 is 5.31. The first-order chi connectivity index (χ1) is 13.3. The van der Waals surface area contributed by atoms with E-state index in [4.69, 9.17) is 4.42 Å². The molecule has 0 unspecified atom stereocenters. The number of aromatic amines is 1. The van der Waals surface area contributed by atoms with Gasteiger partial charge in [-0.2, -0.15) is 5.10 Å². The highest BCUT2D eigenvalue weighted by molar-refractivity contribution is 5.80. The van der Waals surface area contributed by atoms with Crippen molar-refractivity contribution in [3.8, 4) is 11.6 Å². The lowest BCUT2D eigenvalue weighted by molar-refractivity contribution is 0.225. The second kappa shape index (κ2) is 9.91. The van der Waals surface area contributed by atoms with Crippen LogP contribution in [0.5, 0.6) is 0 Å². The number of nitrogens with zero attached hydrogens (tertiary/aromatic N) is 4. The van der Waals surface area contributed by atoms with Gasteiger partial charge in [-0.05, 0) is 31.9 Å². The third kappa shape index (κ3) is 5.68. The van der Waals surface area contributed by atoms with E-state index in [2.05, 4.69) is 49.2 Å². The van der Waals surface area contributed by atoms with Gasteiger partial charge in [0.15, 0.2) is 11.7 Å². The Hall–Kier alpha value is -2.61. The van der Waals surface area contributed by atoms with E-state index in [9.17, 15) is 0 Å². The van der Waals surface area contributed by atoms with Gasteiger partial charge in [-0.25, -0.2) is 4.98 Å². The highest BCUT2D eigenvalue weighted by Crippen LogP contribution is 2.14. The number of guanidine groups is 1. The second-order valence-electron chi connectivity index (χ2n) is 6.60. The Morgan fingerprint density at radius 2 is 2.33 bits per heavy atom. The van der Waals surface area contributed by atoms with E-state index < -0.39 is 0 Å². The van der Waals surface area contributed by atoms with Crippen LogP contribution in [0.4, 0.5) is 0 Å². The first kappa shape index (κ1) is 19.2. The van der Waals surface area contributed by atoms with Gasteiger partial charge in [0.25, 0.3) is 0 Å². The van der Waals surface area contributed by atoms with E-state index in [1.54, 1.807) is 6.26 Å². The number of rotatable bonds is 8. The molecule has 3 N–H and O–H groups in total. The van der Waals surface area contributed by atoms with Crippen molar-refractivity contribution in [2.45, 2.75) is 32.2 Å². The Balaban J connectivity index is 1.48. The number of nitrogens with one attached hydrogen (secondary N) is 3. The van der Waals surface area contributed by atoms with Crippen LogP contribution in [0.1, 0.15) is 25.6 Å². The molecular formula is C19H29N7O. The monoisotopic (exact) mass is 371 g/mol. The molecule has 1 saturated heterocycles. The molecule has 0 spiro atoms. The number of piperidine rings is 1. The fourth-order valence-electron chi connectivity index (χ4n) is 3.15. The van der Waals surface area contributed by atoms with Crippen molar-refractivity contribution in [1.29, 1.82) is 0 Å². The third-order valence-electron chi connectivity index (χ3n) is 4.55. The highest BCUT2D eigenvalue weighted by atomic mass is 16.3. The SMILES string of the molecule is C=CCN1CCC(NC(=NCCc2nc(-c3ccco3)n[nH]2)NCC)CC1. The standard InChI is InChI=1S/C19H29N7O/c1-3-11-26-12-8-15(9-13-26)22-19(20-4-2)21-10-7-17-23-18(25-24-17)16-6-5-14-27-16/h3,5-6,14-15H,1,4,7-13H2,2H3,(H2,20,21,22)(H,23,24,25). The molecule has 3 heterocycles. The van der Waals surface area contributed by atoms with E-state index >= 15 is 0 Å². The molecule has 1 aliphatic rings. The largest absolute Gasteiger partial charge is 0.461 e. The molecule has 3 rings (SSSR count). The number of hydrogen-bond donors (Lipinski definition) is 3. The van der Waals surface area contributed by atoms with Crippen molar-refractivity contribution in [1.82, 2.24) is 30.7 Å². The van der Waals surface area contributed by atoms with Crippen LogP contribution in [0.3, 0.4) is 0 Å². The van der Waals surface area contributed by atoms with Crippen LogP contribution in [0.2, 0.25) is 0 Å². The molecule has 0 saturated carbocycles. The Morgan fingerprint density at radius 1 is 1.48 bits per heavy atom. The maximum Gasteiger partial charge on any atom is 0.216 e. The topological polar surface area (TPSA) is 94.4 Å². The normalized spacial score (nSPS) is 16.4. The van der Waals surface area contributed by atoms with Gasteiger partial charge < -0.3 is 15.1 Å². The van der Waals surface area contributed by atoms with Gasteiger partial charge in [0.2, 0.25) is 5.82 Å². The summed E-state index contributed by atoms with van der Waals surface area (Å²) in [6.07, 6.45) is 6.52. The van der Waals surface area contributed by atoms with Crippen molar-refractivity contribution in [2.24, 2.45) is 4.99 Å². The number of hydrogen-bond acceptors (Lipinski definition) is 5. The molecule has 0 radical (unpaired) electrons. The Kier molecular flexibility index (Phi) is 7.04. The van der Waals surface area contributed by atoms with Crippen molar-refractivity contribution in [3.63, 3.8) is 0 Å².